The van der Waals surface area contributed by atoms with Crippen molar-refractivity contribution in [2.45, 2.75) is 55.8 Å². The Hall–Kier alpha value is -0.470. The molecule has 1 atom stereocenters. The lowest BCUT2D eigenvalue weighted by atomic mass is 9.81. The molecule has 3 rings (SSSR count). The number of hydrogen-bond acceptors (Lipinski definition) is 1. The lowest BCUT2D eigenvalue weighted by molar-refractivity contribution is 0.105. The molecule has 1 N–H and O–H groups in total. The van der Waals surface area contributed by atoms with Gasteiger partial charge in [0.15, 0.2) is 4.75 Å². The molecule has 0 bridgehead atoms. The molecule has 1 saturated carbocycles. The molecule has 2 aliphatic rings. The van der Waals surface area contributed by atoms with Crippen molar-refractivity contribution in [3.63, 3.8) is 0 Å². The van der Waals surface area contributed by atoms with Gasteiger partial charge in [0.05, 0.1) is 0 Å². The van der Waals surface area contributed by atoms with Gasteiger partial charge in [0, 0.05) is 12.8 Å². The van der Waals surface area contributed by atoms with E-state index in [9.17, 15) is 5.11 Å². The quantitative estimate of drug-likeness (QED) is 0.832. The maximum atomic E-state index is 11.1. The van der Waals surface area contributed by atoms with Crippen LogP contribution in [0.25, 0.3) is 0 Å². The second-order valence-electron chi connectivity index (χ2n) is 6.05. The van der Waals surface area contributed by atoms with Crippen molar-refractivity contribution < 1.29 is 5.11 Å². The molecular weight excluding hydrogens is 252 g/mol. The topological polar surface area (TPSA) is 20.2 Å². The summed E-state index contributed by atoms with van der Waals surface area (Å²) in [6, 6.07) is 10.4. The normalized spacial score (nSPS) is 25.3. The Kier molecular flexibility index (Phi) is 4.18. The average Bonchev–Trinajstić information content (AvgIpc) is 3.03. The van der Waals surface area contributed by atoms with Crippen molar-refractivity contribution >= 4 is 10.9 Å². The number of hydrogen-bond donors (Lipinski definition) is 1. The van der Waals surface area contributed by atoms with Crippen molar-refractivity contribution in [3.8, 4) is 0 Å². The molecule has 1 aliphatic carbocycles. The van der Waals surface area contributed by atoms with Crippen LogP contribution in [0.1, 0.15) is 56.6 Å². The van der Waals surface area contributed by atoms with E-state index in [1.807, 2.05) is 6.07 Å². The van der Waals surface area contributed by atoms with Crippen LogP contribution in [0.3, 0.4) is 0 Å². The number of aliphatic hydroxyl groups is 1. The Labute approximate surface area is 119 Å². The first kappa shape index (κ1) is 13.5. The summed E-state index contributed by atoms with van der Waals surface area (Å²) in [7, 11) is 0.447. The second kappa shape index (κ2) is 5.88. The molecule has 1 aliphatic heterocycles. The zero-order valence-corrected chi connectivity index (χ0v) is 12.5. The fourth-order valence-electron chi connectivity index (χ4n) is 3.87. The van der Waals surface area contributed by atoms with E-state index in [0.29, 0.717) is 10.9 Å². The van der Waals surface area contributed by atoms with Crippen molar-refractivity contribution in [2.75, 3.05) is 11.5 Å². The molecule has 2 fully saturated rings. The summed E-state index contributed by atoms with van der Waals surface area (Å²) >= 11 is 0. The first-order valence-electron chi connectivity index (χ1n) is 7.73. The highest BCUT2D eigenvalue weighted by Gasteiger charge is 2.54. The van der Waals surface area contributed by atoms with Gasteiger partial charge in [0.1, 0.15) is 17.6 Å². The maximum Gasteiger partial charge on any atom is 0.157 e. The van der Waals surface area contributed by atoms with Crippen LogP contribution in [0.2, 0.25) is 0 Å². The van der Waals surface area contributed by atoms with E-state index in [-0.39, 0.29) is 10.9 Å². The molecular formula is C17H25OS+. The smallest absolute Gasteiger partial charge is 0.157 e. The summed E-state index contributed by atoms with van der Waals surface area (Å²) in [5.74, 6) is 2.73. The van der Waals surface area contributed by atoms with Crippen molar-refractivity contribution in [2.24, 2.45) is 0 Å². The van der Waals surface area contributed by atoms with Crippen molar-refractivity contribution in [3.05, 3.63) is 35.9 Å². The van der Waals surface area contributed by atoms with Crippen LogP contribution >= 0.6 is 0 Å². The van der Waals surface area contributed by atoms with Crippen LogP contribution in [0.5, 0.6) is 0 Å². The van der Waals surface area contributed by atoms with Gasteiger partial charge in [-0.1, -0.05) is 36.8 Å². The van der Waals surface area contributed by atoms with E-state index < -0.39 is 0 Å². The third-order valence-corrected chi connectivity index (χ3v) is 8.26. The summed E-state index contributed by atoms with van der Waals surface area (Å²) in [6.07, 6.45) is 8.99. The highest BCUT2D eigenvalue weighted by Crippen LogP contribution is 2.47. The predicted molar refractivity (Wildman–Crippen MR) is 83.6 cm³/mol. The van der Waals surface area contributed by atoms with E-state index >= 15 is 0 Å². The van der Waals surface area contributed by atoms with Gasteiger partial charge in [-0.25, -0.2) is 0 Å². The Morgan fingerprint density at radius 2 is 1.53 bits per heavy atom. The largest absolute Gasteiger partial charge is 0.383 e. The van der Waals surface area contributed by atoms with Crippen LogP contribution < -0.4 is 0 Å². The van der Waals surface area contributed by atoms with Crippen LogP contribution in [-0.4, -0.2) is 21.4 Å². The van der Waals surface area contributed by atoms with Gasteiger partial charge in [-0.2, -0.15) is 0 Å². The number of benzene rings is 1. The minimum absolute atomic E-state index is 0.204. The zero-order chi connectivity index (χ0) is 13.1. The van der Waals surface area contributed by atoms with Crippen molar-refractivity contribution in [1.29, 1.82) is 0 Å². The van der Waals surface area contributed by atoms with Crippen LogP contribution in [0, 0.1) is 0 Å². The molecule has 1 saturated heterocycles. The van der Waals surface area contributed by atoms with E-state index in [0.717, 1.165) is 5.56 Å². The van der Waals surface area contributed by atoms with Crippen LogP contribution in [0.4, 0.5) is 0 Å². The van der Waals surface area contributed by atoms with Gasteiger partial charge in [0.2, 0.25) is 0 Å². The van der Waals surface area contributed by atoms with E-state index in [1.54, 1.807) is 0 Å². The monoisotopic (exact) mass is 277 g/mol. The maximum absolute atomic E-state index is 11.1. The summed E-state index contributed by atoms with van der Waals surface area (Å²) < 4.78 is 0.204. The standard InChI is InChI=1S/C17H25OS/c18-16(15-9-3-1-4-10-15)17(11-5-2-6-12-17)19-13-7-8-14-19/h1,3-4,9-10,16,18H,2,5-8,11-14H2/q+1. The SMILES string of the molecule is OC(c1ccccc1)C1([S+]2CCCC2)CCCCC1. The van der Waals surface area contributed by atoms with E-state index in [4.69, 9.17) is 0 Å². The molecule has 2 heteroatoms. The molecule has 104 valence electrons. The summed E-state index contributed by atoms with van der Waals surface area (Å²) in [5.41, 5.74) is 1.14. The number of aliphatic hydroxyl groups excluding tert-OH is 1. The first-order chi connectivity index (χ1) is 9.33. The average molecular weight is 277 g/mol. The molecule has 1 heterocycles. The molecule has 0 aromatic heterocycles. The molecule has 1 nitrogen and oxygen atoms in total. The molecule has 0 spiro atoms. The third-order valence-electron chi connectivity index (χ3n) is 4.92. The predicted octanol–water partition coefficient (Wildman–Crippen LogP) is 3.84. The minimum atomic E-state index is -0.240. The second-order valence-corrected chi connectivity index (χ2v) is 8.66. The van der Waals surface area contributed by atoms with Gasteiger partial charge in [-0.3, -0.25) is 0 Å². The first-order valence-corrected chi connectivity index (χ1v) is 9.30. The van der Waals surface area contributed by atoms with Crippen LogP contribution in [0.15, 0.2) is 30.3 Å². The lowest BCUT2D eigenvalue weighted by Crippen LogP contribution is -2.47. The van der Waals surface area contributed by atoms with Crippen molar-refractivity contribution in [1.82, 2.24) is 0 Å². The van der Waals surface area contributed by atoms with E-state index in [2.05, 4.69) is 24.3 Å². The fraction of sp³-hybridized carbons (Fsp3) is 0.647. The molecule has 1 unspecified atom stereocenters. The summed E-state index contributed by atoms with van der Waals surface area (Å²) in [6.45, 7) is 0. The highest BCUT2D eigenvalue weighted by molar-refractivity contribution is 7.98. The van der Waals surface area contributed by atoms with Gasteiger partial charge in [-0.05, 0) is 42.1 Å². The Morgan fingerprint density at radius 3 is 2.16 bits per heavy atom. The molecule has 0 amide bonds. The molecule has 19 heavy (non-hydrogen) atoms. The summed E-state index contributed by atoms with van der Waals surface area (Å²) in [4.78, 5) is 0. The van der Waals surface area contributed by atoms with Crippen LogP contribution in [-0.2, 0) is 10.9 Å². The van der Waals surface area contributed by atoms with E-state index in [1.165, 1.54) is 56.5 Å². The third kappa shape index (κ3) is 2.57. The van der Waals surface area contributed by atoms with Gasteiger partial charge in [0.25, 0.3) is 0 Å². The number of rotatable bonds is 3. The molecule has 0 radical (unpaired) electrons. The Bertz CT molecular complexity index is 391. The Balaban J connectivity index is 1.89. The Morgan fingerprint density at radius 1 is 0.895 bits per heavy atom. The minimum Gasteiger partial charge on any atom is -0.383 e. The van der Waals surface area contributed by atoms with Gasteiger partial charge < -0.3 is 5.11 Å². The van der Waals surface area contributed by atoms with Gasteiger partial charge >= 0.3 is 0 Å². The lowest BCUT2D eigenvalue weighted by Gasteiger charge is -2.39. The molecule has 1 aromatic carbocycles. The fourth-order valence-corrected chi connectivity index (χ4v) is 7.31. The van der Waals surface area contributed by atoms with Gasteiger partial charge in [-0.15, -0.1) is 0 Å². The summed E-state index contributed by atoms with van der Waals surface area (Å²) in [5, 5.41) is 11.1. The zero-order valence-electron chi connectivity index (χ0n) is 11.7. The molecule has 1 aromatic rings. The highest BCUT2D eigenvalue weighted by atomic mass is 32.2.